The van der Waals surface area contributed by atoms with Crippen LogP contribution in [0.3, 0.4) is 0 Å². The topological polar surface area (TPSA) is 135 Å². The predicted molar refractivity (Wildman–Crippen MR) is 160 cm³/mol. The van der Waals surface area contributed by atoms with Gasteiger partial charge in [-0.05, 0) is 55.9 Å². The Morgan fingerprint density at radius 3 is 2.69 bits per heavy atom. The number of aromatic nitrogens is 6. The fraction of sp³-hybridized carbons (Fsp3) is 0.516. The minimum Gasteiger partial charge on any atom is -0.392 e. The van der Waals surface area contributed by atoms with Gasteiger partial charge < -0.3 is 20.3 Å². The number of rotatable bonds is 8. The number of pyridine rings is 1. The summed E-state index contributed by atoms with van der Waals surface area (Å²) in [6, 6.07) is 7.43. The van der Waals surface area contributed by atoms with E-state index in [1.165, 1.54) is 6.33 Å². The lowest BCUT2D eigenvalue weighted by atomic mass is 9.69. The molecule has 45 heavy (non-hydrogen) atoms. The van der Waals surface area contributed by atoms with Crippen LogP contribution in [-0.2, 0) is 18.3 Å². The number of β-amino-alcohol motifs (C(OH)–C–C–N with tert-alkyl or cyclic N) is 1. The van der Waals surface area contributed by atoms with E-state index in [9.17, 15) is 23.5 Å². The first-order valence-electron chi connectivity index (χ1n) is 15.4. The molecule has 3 aliphatic rings. The number of H-pyrrole nitrogens is 1. The molecule has 0 unspecified atom stereocenters. The van der Waals surface area contributed by atoms with Crippen LogP contribution in [0.1, 0.15) is 49.8 Å². The molecule has 0 amide bonds. The van der Waals surface area contributed by atoms with Gasteiger partial charge in [0.25, 0.3) is 0 Å². The lowest BCUT2D eigenvalue weighted by molar-refractivity contribution is -0.141. The van der Waals surface area contributed by atoms with Crippen molar-refractivity contribution >= 4 is 16.9 Å². The quantitative estimate of drug-likeness (QED) is 0.266. The highest BCUT2D eigenvalue weighted by Crippen LogP contribution is 2.45. The smallest absolute Gasteiger partial charge is 0.392 e. The first-order chi connectivity index (χ1) is 21.7. The molecule has 4 aromatic rings. The summed E-state index contributed by atoms with van der Waals surface area (Å²) in [5, 5.41) is 28.4. The maximum atomic E-state index is 13.7. The van der Waals surface area contributed by atoms with Gasteiger partial charge in [0.15, 0.2) is 0 Å². The molecule has 2 aliphatic heterocycles. The number of alkyl halides is 3. The second-order valence-electron chi connectivity index (χ2n) is 12.6. The first-order valence-corrected chi connectivity index (χ1v) is 15.4. The van der Waals surface area contributed by atoms with Gasteiger partial charge in [-0.3, -0.25) is 9.58 Å². The number of halogens is 3. The number of nitriles is 1. The van der Waals surface area contributed by atoms with Gasteiger partial charge in [0.2, 0.25) is 0 Å². The largest absolute Gasteiger partial charge is 0.433 e. The summed E-state index contributed by atoms with van der Waals surface area (Å²) >= 11 is 0. The average Bonchev–Trinajstić information content (AvgIpc) is 3.76. The zero-order chi connectivity index (χ0) is 31.2. The third kappa shape index (κ3) is 5.99. The van der Waals surface area contributed by atoms with Crippen molar-refractivity contribution in [1.29, 1.82) is 5.26 Å². The van der Waals surface area contributed by atoms with E-state index in [2.05, 4.69) is 41.3 Å². The predicted octanol–water partition coefficient (Wildman–Crippen LogP) is 4.15. The number of anilines is 1. The Balaban J connectivity index is 0.982. The van der Waals surface area contributed by atoms with Crippen LogP contribution < -0.4 is 5.32 Å². The minimum atomic E-state index is -4.54. The number of hydrogen-bond donors (Lipinski definition) is 3. The van der Waals surface area contributed by atoms with E-state index < -0.39 is 18.0 Å². The molecule has 0 bridgehead atoms. The number of aliphatic hydroxyl groups excluding tert-OH is 1. The molecule has 3 fully saturated rings. The summed E-state index contributed by atoms with van der Waals surface area (Å²) in [5.41, 5.74) is 1.67. The Kier molecular flexibility index (Phi) is 7.71. The molecule has 2 saturated heterocycles. The number of fused-ring (bicyclic) bond motifs is 1. The summed E-state index contributed by atoms with van der Waals surface area (Å²) in [6.45, 7) is 3.07. The van der Waals surface area contributed by atoms with Crippen molar-refractivity contribution in [3.8, 4) is 17.3 Å². The van der Waals surface area contributed by atoms with Crippen LogP contribution in [0.25, 0.3) is 22.3 Å². The van der Waals surface area contributed by atoms with Gasteiger partial charge in [-0.1, -0.05) is 0 Å². The summed E-state index contributed by atoms with van der Waals surface area (Å²) in [7, 11) is 0. The Morgan fingerprint density at radius 1 is 1.13 bits per heavy atom. The third-order valence-electron chi connectivity index (χ3n) is 9.56. The van der Waals surface area contributed by atoms with E-state index >= 15 is 0 Å². The van der Waals surface area contributed by atoms with Crippen molar-refractivity contribution in [1.82, 2.24) is 39.5 Å². The highest BCUT2D eigenvalue weighted by Gasteiger charge is 2.49. The zero-order valence-electron chi connectivity index (χ0n) is 24.7. The van der Waals surface area contributed by atoms with Gasteiger partial charge in [-0.2, -0.15) is 23.5 Å². The van der Waals surface area contributed by atoms with Crippen LogP contribution in [-0.4, -0.2) is 89.0 Å². The Labute approximate surface area is 258 Å². The molecule has 3 N–H and O–H groups in total. The Hall–Kier alpha value is -4.06. The molecule has 236 valence electrons. The lowest BCUT2D eigenvalue weighted by Gasteiger charge is -2.52. The van der Waals surface area contributed by atoms with E-state index in [-0.39, 0.29) is 17.4 Å². The lowest BCUT2D eigenvalue weighted by Crippen LogP contribution is -2.58. The molecule has 1 atom stereocenters. The number of nitrogens with zero attached hydrogens (tertiary/aromatic N) is 8. The normalized spacial score (nSPS) is 25.0. The molecular formula is C31H35F3N10O. The highest BCUT2D eigenvalue weighted by molar-refractivity contribution is 5.90. The molecule has 0 aromatic carbocycles. The van der Waals surface area contributed by atoms with E-state index in [4.69, 9.17) is 0 Å². The average molecular weight is 621 g/mol. The van der Waals surface area contributed by atoms with Crippen molar-refractivity contribution in [2.24, 2.45) is 0 Å². The van der Waals surface area contributed by atoms with Crippen molar-refractivity contribution in [3.63, 3.8) is 0 Å². The van der Waals surface area contributed by atoms with Gasteiger partial charge in [0.05, 0.1) is 36.0 Å². The number of nitrogens with one attached hydrogen (secondary N) is 2. The van der Waals surface area contributed by atoms with Crippen LogP contribution in [0.4, 0.5) is 19.0 Å². The summed E-state index contributed by atoms with van der Waals surface area (Å²) in [6.07, 6.45) is 6.27. The molecule has 6 heterocycles. The van der Waals surface area contributed by atoms with Crippen molar-refractivity contribution in [2.45, 2.75) is 75.0 Å². The second kappa shape index (κ2) is 11.7. The van der Waals surface area contributed by atoms with Crippen LogP contribution in [0.5, 0.6) is 0 Å². The van der Waals surface area contributed by atoms with Crippen molar-refractivity contribution < 1.29 is 18.3 Å². The Morgan fingerprint density at radius 2 is 1.96 bits per heavy atom. The first kappa shape index (κ1) is 29.6. The summed E-state index contributed by atoms with van der Waals surface area (Å²) in [4.78, 5) is 20.1. The number of aliphatic hydroxyl groups is 1. The SMILES string of the molecule is N#CC[C@]1(n2cc(-c3ncnc4[nH]ccc34)cn2)C[C@@H](N2CCC(Nc3cc(CN4CC[C@@H](O)C4)cc(C(F)(F)F)n3)CC2)C1. The van der Waals surface area contributed by atoms with Gasteiger partial charge in [-0.15, -0.1) is 0 Å². The van der Waals surface area contributed by atoms with E-state index in [0.29, 0.717) is 44.1 Å². The fourth-order valence-electron chi connectivity index (χ4n) is 7.17. The van der Waals surface area contributed by atoms with Gasteiger partial charge in [0.1, 0.15) is 23.5 Å². The van der Waals surface area contributed by atoms with Gasteiger partial charge in [-0.25, -0.2) is 15.0 Å². The van der Waals surface area contributed by atoms with Crippen molar-refractivity contribution in [3.05, 3.63) is 54.4 Å². The summed E-state index contributed by atoms with van der Waals surface area (Å²) in [5.74, 6) is 0.241. The maximum absolute atomic E-state index is 13.7. The molecule has 1 aliphatic carbocycles. The molecule has 14 heteroatoms. The standard InChI is InChI=1S/C31H35F3N10O/c32-31(33,34)26-11-20(16-42-8-4-24(45)18-42)12-27(41-26)40-22-2-9-43(10-3-22)23-13-30(14-23,5-6-35)44-17-21(15-39-44)28-25-1-7-36-29(25)38-19-37-28/h1,7,11-12,15,17,19,22-24,45H,2-5,8-10,13-14,16,18H2,(H,40,41)(H,36,37,38)/t23-,24-,30+/m1/s1. The third-order valence-corrected chi connectivity index (χ3v) is 9.56. The maximum Gasteiger partial charge on any atom is 0.433 e. The van der Waals surface area contributed by atoms with E-state index in [0.717, 1.165) is 67.1 Å². The number of hydrogen-bond acceptors (Lipinski definition) is 9. The minimum absolute atomic E-state index is 0.00874. The number of aromatic amines is 1. The number of likely N-dealkylation sites (tertiary alicyclic amines) is 2. The molecule has 1 saturated carbocycles. The highest BCUT2D eigenvalue weighted by atomic mass is 19.4. The zero-order valence-corrected chi connectivity index (χ0v) is 24.7. The van der Waals surface area contributed by atoms with Gasteiger partial charge in [0, 0.05) is 68.2 Å². The molecular weight excluding hydrogens is 585 g/mol. The molecule has 0 spiro atoms. The monoisotopic (exact) mass is 620 g/mol. The molecule has 0 radical (unpaired) electrons. The fourth-order valence-corrected chi connectivity index (χ4v) is 7.17. The van der Waals surface area contributed by atoms with E-state index in [1.807, 2.05) is 28.0 Å². The second-order valence-corrected chi connectivity index (χ2v) is 12.6. The Bertz CT molecular complexity index is 1700. The van der Waals surface area contributed by atoms with Crippen LogP contribution in [0, 0.1) is 11.3 Å². The van der Waals surface area contributed by atoms with E-state index in [1.54, 1.807) is 12.3 Å². The molecule has 11 nitrogen and oxygen atoms in total. The van der Waals surface area contributed by atoms with Gasteiger partial charge >= 0.3 is 6.18 Å². The molecule has 4 aromatic heterocycles. The van der Waals surface area contributed by atoms with Crippen LogP contribution >= 0.6 is 0 Å². The van der Waals surface area contributed by atoms with Crippen LogP contribution in [0.2, 0.25) is 0 Å². The van der Waals surface area contributed by atoms with Crippen LogP contribution in [0.15, 0.2) is 43.1 Å². The van der Waals surface area contributed by atoms with Crippen molar-refractivity contribution in [2.75, 3.05) is 31.5 Å². The summed E-state index contributed by atoms with van der Waals surface area (Å²) < 4.78 is 43.0. The molecule has 7 rings (SSSR count). The number of piperidine rings is 1.